The maximum Gasteiger partial charge on any atom is 0.319 e. The van der Waals surface area contributed by atoms with E-state index in [1.54, 1.807) is 12.4 Å². The van der Waals surface area contributed by atoms with Crippen LogP contribution in [0.15, 0.2) is 53.6 Å². The van der Waals surface area contributed by atoms with Crippen LogP contribution in [0.25, 0.3) is 16.5 Å². The number of fused-ring (bicyclic) bond motifs is 2. The summed E-state index contributed by atoms with van der Waals surface area (Å²) in [6, 6.07) is 1.61. The van der Waals surface area contributed by atoms with E-state index >= 15 is 4.39 Å². The third-order valence-corrected chi connectivity index (χ3v) is 9.03. The summed E-state index contributed by atoms with van der Waals surface area (Å²) < 4.78 is 36.4. The van der Waals surface area contributed by atoms with Gasteiger partial charge in [0, 0.05) is 55.8 Å². The molecule has 0 N–H and O–H groups in total. The lowest BCUT2D eigenvalue weighted by Crippen LogP contribution is -2.55. The number of aromatic nitrogens is 3. The molecule has 2 aromatic rings. The second-order valence-electron chi connectivity index (χ2n) is 11.3. The highest BCUT2D eigenvalue weighted by Gasteiger charge is 2.35. The molecule has 1 amide bonds. The Morgan fingerprint density at radius 1 is 1.27 bits per heavy atom. The van der Waals surface area contributed by atoms with Crippen molar-refractivity contribution in [3.05, 3.63) is 60.1 Å². The van der Waals surface area contributed by atoms with Crippen LogP contribution in [0.4, 0.5) is 14.6 Å². The SMILES string of the molecule is C=C(F)C(=O)N1CCN(c2nc(OC[C@@H]3CCCN3C)nc3c(F)c(C4=CN=CC5=CC=CC(Cl)C54)ncc23)C[C@@H]1CC#N. The minimum atomic E-state index is -1.09. The van der Waals surface area contributed by atoms with Crippen LogP contribution in [0, 0.1) is 23.1 Å². The van der Waals surface area contributed by atoms with Crippen LogP contribution in [-0.4, -0.2) is 94.2 Å². The maximum atomic E-state index is 16.6. The van der Waals surface area contributed by atoms with E-state index in [1.807, 2.05) is 30.2 Å². The molecule has 10 nitrogen and oxygen atoms in total. The highest BCUT2D eigenvalue weighted by atomic mass is 35.5. The summed E-state index contributed by atoms with van der Waals surface area (Å²) in [5, 5.41) is 9.38. The number of alkyl halides is 1. The van der Waals surface area contributed by atoms with Gasteiger partial charge in [0.1, 0.15) is 23.6 Å². The molecule has 4 aliphatic rings. The molecule has 6 rings (SSSR count). The van der Waals surface area contributed by atoms with E-state index in [9.17, 15) is 14.4 Å². The van der Waals surface area contributed by atoms with Crippen molar-refractivity contribution in [3.8, 4) is 12.1 Å². The van der Waals surface area contributed by atoms with Gasteiger partial charge in [0.25, 0.3) is 5.91 Å². The first-order chi connectivity index (χ1) is 21.3. The van der Waals surface area contributed by atoms with Crippen molar-refractivity contribution in [2.45, 2.75) is 36.7 Å². The van der Waals surface area contributed by atoms with E-state index in [2.05, 4.69) is 37.5 Å². The number of hydrogen-bond acceptors (Lipinski definition) is 9. The van der Waals surface area contributed by atoms with E-state index in [0.717, 1.165) is 25.0 Å². The number of halogens is 3. The number of ether oxygens (including phenoxy) is 1. The van der Waals surface area contributed by atoms with E-state index in [1.165, 1.54) is 11.1 Å². The van der Waals surface area contributed by atoms with Crippen molar-refractivity contribution in [1.29, 1.82) is 5.26 Å². The number of pyridine rings is 1. The van der Waals surface area contributed by atoms with Crippen LogP contribution in [0.5, 0.6) is 6.01 Å². The summed E-state index contributed by atoms with van der Waals surface area (Å²) in [5.74, 6) is -2.59. The fraction of sp³-hybridized carbons (Fsp3) is 0.419. The molecular formula is C31H31ClF2N8O2. The molecule has 2 saturated heterocycles. The van der Waals surface area contributed by atoms with Gasteiger partial charge in [-0.25, -0.2) is 8.78 Å². The largest absolute Gasteiger partial charge is 0.462 e. The van der Waals surface area contributed by atoms with Crippen molar-refractivity contribution in [2.75, 3.05) is 44.7 Å². The second kappa shape index (κ2) is 12.4. The van der Waals surface area contributed by atoms with Crippen LogP contribution in [0.3, 0.4) is 0 Å². The Morgan fingerprint density at radius 2 is 2.11 bits per heavy atom. The predicted octanol–water partition coefficient (Wildman–Crippen LogP) is 4.20. The van der Waals surface area contributed by atoms with E-state index in [-0.39, 0.29) is 55.2 Å². The molecule has 0 aromatic carbocycles. The molecule has 2 fully saturated rings. The average Bonchev–Trinajstić information content (AvgIpc) is 3.44. The molecule has 228 valence electrons. The number of nitrogens with zero attached hydrogens (tertiary/aromatic N) is 8. The Balaban J connectivity index is 1.41. The number of carbonyl (C=O) groups is 1. The van der Waals surface area contributed by atoms with Gasteiger partial charge in [-0.1, -0.05) is 24.8 Å². The molecular weight excluding hydrogens is 590 g/mol. The lowest BCUT2D eigenvalue weighted by molar-refractivity contribution is -0.131. The Hall–Kier alpha value is -4.21. The van der Waals surface area contributed by atoms with E-state index in [4.69, 9.17) is 16.3 Å². The summed E-state index contributed by atoms with van der Waals surface area (Å²) in [5.41, 5.74) is 1.48. The van der Waals surface area contributed by atoms with Gasteiger partial charge in [0.05, 0.1) is 29.3 Å². The summed E-state index contributed by atoms with van der Waals surface area (Å²) in [7, 11) is 2.03. The first-order valence-corrected chi connectivity index (χ1v) is 14.9. The summed E-state index contributed by atoms with van der Waals surface area (Å²) in [4.78, 5) is 35.8. The maximum absolute atomic E-state index is 16.6. The summed E-state index contributed by atoms with van der Waals surface area (Å²) >= 11 is 6.65. The third-order valence-electron chi connectivity index (χ3n) is 8.63. The molecule has 5 heterocycles. The van der Waals surface area contributed by atoms with Crippen molar-refractivity contribution < 1.29 is 18.3 Å². The molecule has 2 aromatic heterocycles. The van der Waals surface area contributed by atoms with Gasteiger partial charge in [-0.15, -0.1) is 11.6 Å². The highest BCUT2D eigenvalue weighted by Crippen LogP contribution is 2.40. The number of piperazine rings is 1. The predicted molar refractivity (Wildman–Crippen MR) is 163 cm³/mol. The first kappa shape index (κ1) is 29.8. The normalized spacial score (nSPS) is 25.0. The van der Waals surface area contributed by atoms with Crippen molar-refractivity contribution in [1.82, 2.24) is 24.8 Å². The van der Waals surface area contributed by atoms with Gasteiger partial charge < -0.3 is 19.4 Å². The molecule has 13 heteroatoms. The number of aliphatic imine (C=N–C) groups is 1. The third kappa shape index (κ3) is 5.57. The van der Waals surface area contributed by atoms with Crippen LogP contribution in [0.2, 0.25) is 0 Å². The van der Waals surface area contributed by atoms with Gasteiger partial charge >= 0.3 is 6.01 Å². The zero-order chi connectivity index (χ0) is 31.0. The van der Waals surface area contributed by atoms with E-state index < -0.39 is 29.0 Å². The molecule has 4 atom stereocenters. The fourth-order valence-electron chi connectivity index (χ4n) is 6.28. The number of carbonyl (C=O) groups excluding carboxylic acids is 1. The van der Waals surface area contributed by atoms with Gasteiger partial charge in [-0.05, 0) is 32.0 Å². The van der Waals surface area contributed by atoms with Crippen LogP contribution in [-0.2, 0) is 4.79 Å². The van der Waals surface area contributed by atoms with Crippen LogP contribution < -0.4 is 9.64 Å². The topological polar surface area (TPSA) is 111 Å². The molecule has 3 aliphatic heterocycles. The fourth-order valence-corrected chi connectivity index (χ4v) is 6.64. The number of likely N-dealkylation sites (N-methyl/N-ethyl adjacent to an activating group) is 1. The highest BCUT2D eigenvalue weighted by molar-refractivity contribution is 6.23. The Labute approximate surface area is 258 Å². The number of rotatable bonds is 7. The van der Waals surface area contributed by atoms with Gasteiger partial charge in [-0.3, -0.25) is 14.8 Å². The van der Waals surface area contributed by atoms with Gasteiger partial charge in [-0.2, -0.15) is 15.2 Å². The summed E-state index contributed by atoms with van der Waals surface area (Å²) in [6.45, 7) is 4.93. The Morgan fingerprint density at radius 3 is 2.86 bits per heavy atom. The number of anilines is 1. The van der Waals surface area contributed by atoms with Crippen LogP contribution in [0.1, 0.15) is 25.0 Å². The monoisotopic (exact) mass is 620 g/mol. The number of allylic oxidation sites excluding steroid dienone is 5. The van der Waals surface area contributed by atoms with Crippen molar-refractivity contribution >= 4 is 46.0 Å². The number of likely N-dealkylation sites (tertiary alicyclic amines) is 1. The zero-order valence-corrected chi connectivity index (χ0v) is 24.9. The number of nitriles is 1. The van der Waals surface area contributed by atoms with Gasteiger partial charge in [0.2, 0.25) is 0 Å². The Bertz CT molecular complexity index is 1670. The van der Waals surface area contributed by atoms with E-state index in [0.29, 0.717) is 23.4 Å². The smallest absolute Gasteiger partial charge is 0.319 e. The number of hydrogen-bond donors (Lipinski definition) is 0. The molecule has 1 aliphatic carbocycles. The van der Waals surface area contributed by atoms with Crippen molar-refractivity contribution in [3.63, 3.8) is 0 Å². The molecule has 0 saturated carbocycles. The summed E-state index contributed by atoms with van der Waals surface area (Å²) in [6.07, 6.45) is 12.4. The second-order valence-corrected chi connectivity index (χ2v) is 11.8. The van der Waals surface area contributed by atoms with Crippen LogP contribution >= 0.6 is 11.6 Å². The molecule has 44 heavy (non-hydrogen) atoms. The zero-order valence-electron chi connectivity index (χ0n) is 24.2. The first-order valence-electron chi connectivity index (χ1n) is 14.5. The molecule has 0 bridgehead atoms. The Kier molecular flexibility index (Phi) is 8.42. The average molecular weight is 621 g/mol. The number of amides is 1. The molecule has 0 radical (unpaired) electrons. The minimum Gasteiger partial charge on any atom is -0.462 e. The minimum absolute atomic E-state index is 0.00312. The molecule has 2 unspecified atom stereocenters. The molecule has 0 spiro atoms. The van der Waals surface area contributed by atoms with Crippen molar-refractivity contribution in [2.24, 2.45) is 10.9 Å². The van der Waals surface area contributed by atoms with Gasteiger partial charge in [0.15, 0.2) is 11.6 Å². The quantitative estimate of drug-likeness (QED) is 0.335. The lowest BCUT2D eigenvalue weighted by Gasteiger charge is -2.41. The standard InChI is InChI=1S/C31H31ClF2N8O2/c1-18(33)30(43)42-12-11-41(16-20(42)8-9-35)29-23-15-37-27(22-14-36-13-19-5-3-7-24(32)25(19)22)26(34)28(23)38-31(39-29)44-17-21-6-4-10-40(21)2/h3,5,7,13-15,20-21,24-25H,1,4,6,8,10-12,16-17H2,2H3/t20-,21-,24?,25?/m0/s1. The lowest BCUT2D eigenvalue weighted by atomic mass is 9.82.